The summed E-state index contributed by atoms with van der Waals surface area (Å²) in [5.74, 6) is 6.59. The smallest absolute Gasteiger partial charge is 0.0862 e. The van der Waals surface area contributed by atoms with E-state index in [2.05, 4.69) is 36.6 Å². The van der Waals surface area contributed by atoms with E-state index in [0.29, 0.717) is 0 Å². The number of hydrazine groups is 1. The van der Waals surface area contributed by atoms with Crippen LogP contribution in [0.4, 0.5) is 0 Å². The van der Waals surface area contributed by atoms with Crippen molar-refractivity contribution in [1.82, 2.24) is 5.43 Å². The highest BCUT2D eigenvalue weighted by molar-refractivity contribution is 5.36. The van der Waals surface area contributed by atoms with Gasteiger partial charge in [-0.15, -0.1) is 0 Å². The van der Waals surface area contributed by atoms with Crippen molar-refractivity contribution in [2.75, 3.05) is 6.61 Å². The standard InChI is InChI=1S/C16H24N2O/c1-16(10-5-11-19-16)15(18-17)14-9-3-2-8-13(14)12-6-4-7-12/h2-3,8-9,12,15,18H,4-7,10-11,17H2,1H3. The van der Waals surface area contributed by atoms with Crippen LogP contribution in [0.3, 0.4) is 0 Å². The highest BCUT2D eigenvalue weighted by Crippen LogP contribution is 2.43. The minimum atomic E-state index is -0.172. The van der Waals surface area contributed by atoms with E-state index in [-0.39, 0.29) is 11.6 Å². The van der Waals surface area contributed by atoms with Gasteiger partial charge in [-0.05, 0) is 49.7 Å². The molecule has 3 N–H and O–H groups in total. The Kier molecular flexibility index (Phi) is 3.61. The summed E-state index contributed by atoms with van der Waals surface area (Å²) >= 11 is 0. The van der Waals surface area contributed by atoms with Crippen molar-refractivity contribution >= 4 is 0 Å². The minimum absolute atomic E-state index is 0.0896. The van der Waals surface area contributed by atoms with Gasteiger partial charge in [-0.2, -0.15) is 0 Å². The lowest BCUT2D eigenvalue weighted by Crippen LogP contribution is -2.45. The van der Waals surface area contributed by atoms with Gasteiger partial charge < -0.3 is 4.74 Å². The molecule has 0 amide bonds. The normalized spacial score (nSPS) is 29.2. The van der Waals surface area contributed by atoms with E-state index in [4.69, 9.17) is 10.6 Å². The maximum Gasteiger partial charge on any atom is 0.0862 e. The van der Waals surface area contributed by atoms with Crippen LogP contribution in [-0.2, 0) is 4.74 Å². The number of benzene rings is 1. The van der Waals surface area contributed by atoms with E-state index in [1.165, 1.54) is 30.4 Å². The van der Waals surface area contributed by atoms with Crippen LogP contribution in [0, 0.1) is 0 Å². The van der Waals surface area contributed by atoms with Crippen LogP contribution in [0.25, 0.3) is 0 Å². The fourth-order valence-corrected chi connectivity index (χ4v) is 3.49. The Labute approximate surface area is 115 Å². The van der Waals surface area contributed by atoms with Gasteiger partial charge in [-0.1, -0.05) is 30.7 Å². The van der Waals surface area contributed by atoms with Crippen molar-refractivity contribution in [3.05, 3.63) is 35.4 Å². The van der Waals surface area contributed by atoms with Crippen molar-refractivity contribution in [3.8, 4) is 0 Å². The molecule has 19 heavy (non-hydrogen) atoms. The van der Waals surface area contributed by atoms with Crippen LogP contribution in [0.15, 0.2) is 24.3 Å². The summed E-state index contributed by atoms with van der Waals surface area (Å²) in [5.41, 5.74) is 5.65. The second kappa shape index (κ2) is 5.23. The van der Waals surface area contributed by atoms with E-state index in [1.54, 1.807) is 0 Å². The summed E-state index contributed by atoms with van der Waals surface area (Å²) in [7, 11) is 0. The first-order valence-corrected chi connectivity index (χ1v) is 7.43. The van der Waals surface area contributed by atoms with Gasteiger partial charge in [-0.3, -0.25) is 11.3 Å². The number of nitrogens with two attached hydrogens (primary N) is 1. The van der Waals surface area contributed by atoms with Crippen LogP contribution in [0.5, 0.6) is 0 Å². The molecule has 2 aliphatic rings. The van der Waals surface area contributed by atoms with Gasteiger partial charge in [0.25, 0.3) is 0 Å². The van der Waals surface area contributed by atoms with E-state index >= 15 is 0 Å². The number of ether oxygens (including phenoxy) is 1. The van der Waals surface area contributed by atoms with E-state index in [1.807, 2.05) is 0 Å². The Morgan fingerprint density at radius 2 is 2.11 bits per heavy atom. The molecule has 2 atom stereocenters. The summed E-state index contributed by atoms with van der Waals surface area (Å²) in [6.45, 7) is 3.03. The molecule has 104 valence electrons. The molecular weight excluding hydrogens is 236 g/mol. The minimum Gasteiger partial charge on any atom is -0.373 e. The third-order valence-electron chi connectivity index (χ3n) is 4.88. The lowest BCUT2D eigenvalue weighted by atomic mass is 9.75. The molecule has 0 spiro atoms. The molecule has 0 aromatic heterocycles. The largest absolute Gasteiger partial charge is 0.373 e. The molecule has 3 heteroatoms. The monoisotopic (exact) mass is 260 g/mol. The first kappa shape index (κ1) is 13.1. The second-order valence-electron chi connectivity index (χ2n) is 6.12. The van der Waals surface area contributed by atoms with Crippen molar-refractivity contribution < 1.29 is 4.74 Å². The first-order chi connectivity index (χ1) is 9.24. The third-order valence-corrected chi connectivity index (χ3v) is 4.88. The first-order valence-electron chi connectivity index (χ1n) is 7.43. The molecule has 1 aromatic rings. The number of hydrogen-bond donors (Lipinski definition) is 2. The highest BCUT2D eigenvalue weighted by atomic mass is 16.5. The second-order valence-corrected chi connectivity index (χ2v) is 6.12. The van der Waals surface area contributed by atoms with E-state index in [0.717, 1.165) is 25.4 Å². The molecule has 1 saturated carbocycles. The zero-order valence-electron chi connectivity index (χ0n) is 11.7. The fraction of sp³-hybridized carbons (Fsp3) is 0.625. The van der Waals surface area contributed by atoms with E-state index < -0.39 is 0 Å². The molecule has 0 bridgehead atoms. The highest BCUT2D eigenvalue weighted by Gasteiger charge is 2.40. The number of nitrogens with one attached hydrogen (secondary N) is 1. The molecule has 3 nitrogen and oxygen atoms in total. The number of hydrogen-bond acceptors (Lipinski definition) is 3. The molecule has 1 aliphatic heterocycles. The van der Waals surface area contributed by atoms with Gasteiger partial charge in [0.15, 0.2) is 0 Å². The quantitative estimate of drug-likeness (QED) is 0.646. The summed E-state index contributed by atoms with van der Waals surface area (Å²) < 4.78 is 5.99. The Morgan fingerprint density at radius 3 is 2.68 bits per heavy atom. The summed E-state index contributed by atoms with van der Waals surface area (Å²) in [6, 6.07) is 8.82. The summed E-state index contributed by atoms with van der Waals surface area (Å²) in [6.07, 6.45) is 6.17. The molecule has 1 aliphatic carbocycles. The molecule has 2 fully saturated rings. The average molecular weight is 260 g/mol. The topological polar surface area (TPSA) is 47.3 Å². The van der Waals surface area contributed by atoms with Crippen molar-refractivity contribution in [3.63, 3.8) is 0 Å². The Bertz CT molecular complexity index is 436. The molecule has 3 rings (SSSR count). The van der Waals surface area contributed by atoms with E-state index in [9.17, 15) is 0 Å². The zero-order chi connectivity index (χ0) is 13.3. The van der Waals surface area contributed by atoms with Crippen LogP contribution in [-0.4, -0.2) is 12.2 Å². The number of rotatable bonds is 4. The SMILES string of the molecule is CC1(C(NN)c2ccccc2C2CCC2)CCCO1. The lowest BCUT2D eigenvalue weighted by molar-refractivity contribution is -0.0129. The summed E-state index contributed by atoms with van der Waals surface area (Å²) in [5, 5.41) is 0. The predicted molar refractivity (Wildman–Crippen MR) is 76.7 cm³/mol. The van der Waals surface area contributed by atoms with Gasteiger partial charge in [-0.25, -0.2) is 0 Å². The lowest BCUT2D eigenvalue weighted by Gasteiger charge is -2.37. The Balaban J connectivity index is 1.94. The predicted octanol–water partition coefficient (Wildman–Crippen LogP) is 3.03. The van der Waals surface area contributed by atoms with Gasteiger partial charge in [0.2, 0.25) is 0 Å². The fourth-order valence-electron chi connectivity index (χ4n) is 3.49. The average Bonchev–Trinajstić information content (AvgIpc) is 2.78. The van der Waals surface area contributed by atoms with Crippen LogP contribution in [0.2, 0.25) is 0 Å². The van der Waals surface area contributed by atoms with Crippen molar-refractivity contribution in [2.24, 2.45) is 5.84 Å². The molecule has 1 saturated heterocycles. The van der Waals surface area contributed by atoms with Crippen LogP contribution in [0.1, 0.15) is 62.1 Å². The molecular formula is C16H24N2O. The Hall–Kier alpha value is -0.900. The van der Waals surface area contributed by atoms with Crippen molar-refractivity contribution in [2.45, 2.75) is 56.6 Å². The molecule has 1 aromatic carbocycles. The van der Waals surface area contributed by atoms with Crippen LogP contribution < -0.4 is 11.3 Å². The maximum absolute atomic E-state index is 5.99. The molecule has 1 heterocycles. The maximum atomic E-state index is 5.99. The molecule has 0 radical (unpaired) electrons. The van der Waals surface area contributed by atoms with Gasteiger partial charge >= 0.3 is 0 Å². The molecule has 2 unspecified atom stereocenters. The Morgan fingerprint density at radius 1 is 1.32 bits per heavy atom. The zero-order valence-corrected chi connectivity index (χ0v) is 11.7. The summed E-state index contributed by atoms with van der Waals surface area (Å²) in [4.78, 5) is 0. The van der Waals surface area contributed by atoms with Gasteiger partial charge in [0.05, 0.1) is 11.6 Å². The van der Waals surface area contributed by atoms with Gasteiger partial charge in [0.1, 0.15) is 0 Å². The van der Waals surface area contributed by atoms with Crippen LogP contribution >= 0.6 is 0 Å². The van der Waals surface area contributed by atoms with Gasteiger partial charge in [0, 0.05) is 6.61 Å². The van der Waals surface area contributed by atoms with Crippen molar-refractivity contribution in [1.29, 1.82) is 0 Å². The third kappa shape index (κ3) is 2.31.